The third kappa shape index (κ3) is 4.04. The number of methoxy groups -OCH3 is 2. The minimum Gasteiger partial charge on any atom is -0.493 e. The second-order valence-corrected chi connectivity index (χ2v) is 6.80. The zero-order valence-electron chi connectivity index (χ0n) is 13.9. The van der Waals surface area contributed by atoms with Crippen molar-refractivity contribution < 1.29 is 14.3 Å². The zero-order chi connectivity index (χ0) is 18.5. The lowest BCUT2D eigenvalue weighted by Crippen LogP contribution is -2.18. The monoisotopic (exact) mass is 390 g/mol. The van der Waals surface area contributed by atoms with Crippen LogP contribution in [0.5, 0.6) is 11.5 Å². The number of aromatic amines is 1. The van der Waals surface area contributed by atoms with E-state index in [4.69, 9.17) is 21.1 Å². The van der Waals surface area contributed by atoms with Gasteiger partial charge in [0.15, 0.2) is 17.2 Å². The van der Waals surface area contributed by atoms with Crippen molar-refractivity contribution in [2.24, 2.45) is 5.10 Å². The lowest BCUT2D eigenvalue weighted by molar-refractivity contribution is 0.0950. The number of carbonyl (C=O) groups excluding carboxylic acids is 1. The molecule has 0 saturated heterocycles. The van der Waals surface area contributed by atoms with Gasteiger partial charge in [-0.25, -0.2) is 5.43 Å². The second-order valence-electron chi connectivity index (χ2n) is 5.08. The van der Waals surface area contributed by atoms with Crippen molar-refractivity contribution in [2.45, 2.75) is 0 Å². The van der Waals surface area contributed by atoms with Crippen LogP contribution in [0.3, 0.4) is 0 Å². The number of hydrogen-bond donors (Lipinski definition) is 2. The molecular formula is C17H15ClN4O3S. The Morgan fingerprint density at radius 1 is 1.23 bits per heavy atom. The summed E-state index contributed by atoms with van der Waals surface area (Å²) >= 11 is 7.31. The van der Waals surface area contributed by atoms with Crippen LogP contribution in [0.25, 0.3) is 10.6 Å². The smallest absolute Gasteiger partial charge is 0.291 e. The van der Waals surface area contributed by atoms with E-state index in [1.807, 2.05) is 6.07 Å². The average Bonchev–Trinajstić information content (AvgIpc) is 3.30. The number of ether oxygens (including phenoxy) is 2. The van der Waals surface area contributed by atoms with Gasteiger partial charge in [-0.1, -0.05) is 11.6 Å². The van der Waals surface area contributed by atoms with Gasteiger partial charge in [-0.15, -0.1) is 11.3 Å². The summed E-state index contributed by atoms with van der Waals surface area (Å²) in [6, 6.07) is 10.6. The summed E-state index contributed by atoms with van der Waals surface area (Å²) in [7, 11) is 3.12. The van der Waals surface area contributed by atoms with E-state index in [1.165, 1.54) is 17.6 Å². The summed E-state index contributed by atoms with van der Waals surface area (Å²) in [6.45, 7) is 0. The number of carbonyl (C=O) groups is 1. The highest BCUT2D eigenvalue weighted by atomic mass is 35.5. The lowest BCUT2D eigenvalue weighted by Gasteiger charge is -2.07. The van der Waals surface area contributed by atoms with E-state index < -0.39 is 5.91 Å². The third-order valence-corrected chi connectivity index (χ3v) is 4.70. The minimum absolute atomic E-state index is 0.231. The summed E-state index contributed by atoms with van der Waals surface area (Å²) in [5.74, 6) is 0.771. The van der Waals surface area contributed by atoms with Gasteiger partial charge in [-0.05, 0) is 42.0 Å². The van der Waals surface area contributed by atoms with Crippen molar-refractivity contribution in [1.82, 2.24) is 15.6 Å². The van der Waals surface area contributed by atoms with Gasteiger partial charge in [-0.3, -0.25) is 9.89 Å². The largest absolute Gasteiger partial charge is 0.493 e. The van der Waals surface area contributed by atoms with Gasteiger partial charge in [0.1, 0.15) is 0 Å². The highest BCUT2D eigenvalue weighted by Gasteiger charge is 2.12. The molecule has 0 aliphatic heterocycles. The SMILES string of the molecule is COc1ccc(C=NNC(=O)c2cc(-c3ccc(Cl)s3)[nH]n2)cc1OC. The van der Waals surface area contributed by atoms with Crippen molar-refractivity contribution in [2.75, 3.05) is 14.2 Å². The van der Waals surface area contributed by atoms with Gasteiger partial charge in [0.05, 0.1) is 35.3 Å². The first-order valence-electron chi connectivity index (χ1n) is 7.47. The van der Waals surface area contributed by atoms with Crippen molar-refractivity contribution in [3.8, 4) is 22.1 Å². The molecule has 2 heterocycles. The number of halogens is 1. The number of hydrogen-bond acceptors (Lipinski definition) is 6. The minimum atomic E-state index is -0.424. The molecule has 0 saturated carbocycles. The summed E-state index contributed by atoms with van der Waals surface area (Å²) in [5, 5.41) is 10.7. The van der Waals surface area contributed by atoms with Gasteiger partial charge in [0.2, 0.25) is 0 Å². The molecule has 0 atom stereocenters. The molecule has 0 radical (unpaired) electrons. The maximum absolute atomic E-state index is 12.1. The Kier molecular flexibility index (Phi) is 5.55. The third-order valence-electron chi connectivity index (χ3n) is 3.44. The normalized spacial score (nSPS) is 10.9. The van der Waals surface area contributed by atoms with Crippen molar-refractivity contribution >= 4 is 35.1 Å². The predicted octanol–water partition coefficient (Wildman–Crippen LogP) is 3.57. The molecule has 1 aromatic carbocycles. The van der Waals surface area contributed by atoms with E-state index in [9.17, 15) is 4.79 Å². The van der Waals surface area contributed by atoms with Crippen LogP contribution in [-0.2, 0) is 0 Å². The van der Waals surface area contributed by atoms with Crippen LogP contribution in [0, 0.1) is 0 Å². The van der Waals surface area contributed by atoms with Crippen LogP contribution in [0.2, 0.25) is 4.34 Å². The Bertz CT molecular complexity index is 951. The molecule has 2 aromatic heterocycles. The molecule has 0 spiro atoms. The first kappa shape index (κ1) is 18.0. The van der Waals surface area contributed by atoms with Crippen LogP contribution in [0.15, 0.2) is 41.5 Å². The van der Waals surface area contributed by atoms with Gasteiger partial charge >= 0.3 is 0 Å². The van der Waals surface area contributed by atoms with Gasteiger partial charge < -0.3 is 9.47 Å². The number of nitrogens with zero attached hydrogens (tertiary/aromatic N) is 2. The number of thiophene rings is 1. The molecule has 134 valence electrons. The molecule has 0 bridgehead atoms. The van der Waals surface area contributed by atoms with Crippen LogP contribution >= 0.6 is 22.9 Å². The fourth-order valence-corrected chi connectivity index (χ4v) is 3.19. The number of aromatic nitrogens is 2. The number of rotatable bonds is 6. The quantitative estimate of drug-likeness (QED) is 0.497. The maximum atomic E-state index is 12.1. The number of benzene rings is 1. The zero-order valence-corrected chi connectivity index (χ0v) is 15.5. The molecule has 1 amide bonds. The molecule has 3 aromatic rings. The molecule has 3 rings (SSSR count). The molecular weight excluding hydrogens is 376 g/mol. The van der Waals surface area contributed by atoms with E-state index in [0.717, 1.165) is 16.1 Å². The van der Waals surface area contributed by atoms with Crippen LogP contribution in [0.1, 0.15) is 16.1 Å². The van der Waals surface area contributed by atoms with Gasteiger partial charge in [0.25, 0.3) is 5.91 Å². The summed E-state index contributed by atoms with van der Waals surface area (Å²) in [5.41, 5.74) is 4.13. The Morgan fingerprint density at radius 2 is 2.04 bits per heavy atom. The highest BCUT2D eigenvalue weighted by molar-refractivity contribution is 7.19. The van der Waals surface area contributed by atoms with E-state index in [0.29, 0.717) is 15.8 Å². The lowest BCUT2D eigenvalue weighted by atomic mass is 10.2. The number of hydrazone groups is 1. The Morgan fingerprint density at radius 3 is 2.73 bits per heavy atom. The molecule has 7 nitrogen and oxygen atoms in total. The van der Waals surface area contributed by atoms with Crippen LogP contribution < -0.4 is 14.9 Å². The topological polar surface area (TPSA) is 88.6 Å². The first-order valence-corrected chi connectivity index (χ1v) is 8.66. The molecule has 26 heavy (non-hydrogen) atoms. The van der Waals surface area contributed by atoms with Crippen LogP contribution in [-0.4, -0.2) is 36.5 Å². The molecule has 0 fully saturated rings. The van der Waals surface area contributed by atoms with Gasteiger partial charge in [0, 0.05) is 0 Å². The second kappa shape index (κ2) is 8.03. The molecule has 0 aliphatic carbocycles. The van der Waals surface area contributed by atoms with E-state index in [2.05, 4.69) is 20.7 Å². The summed E-state index contributed by atoms with van der Waals surface area (Å²) < 4.78 is 11.1. The van der Waals surface area contributed by atoms with Gasteiger partial charge in [-0.2, -0.15) is 10.2 Å². The Balaban J connectivity index is 1.65. The van der Waals surface area contributed by atoms with Crippen LogP contribution in [0.4, 0.5) is 0 Å². The number of H-pyrrole nitrogens is 1. The van der Waals surface area contributed by atoms with Crippen molar-refractivity contribution in [1.29, 1.82) is 0 Å². The average molecular weight is 391 g/mol. The fourth-order valence-electron chi connectivity index (χ4n) is 2.18. The molecule has 9 heteroatoms. The molecule has 0 unspecified atom stereocenters. The standard InChI is InChI=1S/C17H15ClN4O3S/c1-24-13-4-3-10(7-14(13)25-2)9-19-22-17(23)12-8-11(20-21-12)15-5-6-16(18)26-15/h3-9H,1-2H3,(H,20,21)(H,22,23). The fraction of sp³-hybridized carbons (Fsp3) is 0.118. The Hall–Kier alpha value is -2.84. The molecule has 0 aliphatic rings. The maximum Gasteiger partial charge on any atom is 0.291 e. The Labute approximate surface area is 158 Å². The van der Waals surface area contributed by atoms with Crippen molar-refractivity contribution in [3.63, 3.8) is 0 Å². The number of amides is 1. The van der Waals surface area contributed by atoms with Crippen molar-refractivity contribution in [3.05, 3.63) is 52.0 Å². The van der Waals surface area contributed by atoms with E-state index in [1.54, 1.807) is 44.6 Å². The highest BCUT2D eigenvalue weighted by Crippen LogP contribution is 2.30. The predicted molar refractivity (Wildman–Crippen MR) is 102 cm³/mol. The van der Waals surface area contributed by atoms with E-state index >= 15 is 0 Å². The summed E-state index contributed by atoms with van der Waals surface area (Å²) in [4.78, 5) is 13.0. The first-order chi connectivity index (χ1) is 12.6. The molecule has 2 N–H and O–H groups in total. The van der Waals surface area contributed by atoms with E-state index in [-0.39, 0.29) is 5.69 Å². The summed E-state index contributed by atoms with van der Waals surface area (Å²) in [6.07, 6.45) is 1.51. The number of nitrogens with one attached hydrogen (secondary N) is 2.